The zero-order valence-corrected chi connectivity index (χ0v) is 10.7. The first-order valence-electron chi connectivity index (χ1n) is 5.40. The van der Waals surface area contributed by atoms with Gasteiger partial charge in [0.2, 0.25) is 0 Å². The van der Waals surface area contributed by atoms with Crippen molar-refractivity contribution in [2.24, 2.45) is 11.1 Å². The van der Waals surface area contributed by atoms with E-state index in [-0.39, 0.29) is 11.3 Å². The second-order valence-corrected chi connectivity index (χ2v) is 5.60. The number of hydrogen-bond acceptors (Lipinski definition) is 3. The van der Waals surface area contributed by atoms with Gasteiger partial charge in [-0.3, -0.25) is 10.4 Å². The highest BCUT2D eigenvalue weighted by Crippen LogP contribution is 2.25. The van der Waals surface area contributed by atoms with E-state index in [0.717, 1.165) is 18.6 Å². The summed E-state index contributed by atoms with van der Waals surface area (Å²) in [6.07, 6.45) is 5.64. The van der Waals surface area contributed by atoms with E-state index in [4.69, 9.17) is 11.1 Å². The average molecular weight is 237 g/mol. The average Bonchev–Trinajstić information content (AvgIpc) is 2.26. The largest absolute Gasteiger partial charge is 0.387 e. The molecule has 0 bridgehead atoms. The van der Waals surface area contributed by atoms with Gasteiger partial charge in [0.1, 0.15) is 0 Å². The van der Waals surface area contributed by atoms with Crippen LogP contribution in [-0.2, 0) is 0 Å². The molecule has 0 saturated carbocycles. The normalized spacial score (nSPS) is 11.4. The zero-order valence-electron chi connectivity index (χ0n) is 9.86. The van der Waals surface area contributed by atoms with E-state index in [2.05, 4.69) is 4.98 Å². The maximum Gasteiger partial charge on any atom is 0.0963 e. The maximum atomic E-state index is 7.46. The third kappa shape index (κ3) is 4.23. The van der Waals surface area contributed by atoms with Gasteiger partial charge in [0, 0.05) is 22.7 Å². The van der Waals surface area contributed by atoms with Crippen LogP contribution in [0.1, 0.15) is 26.7 Å². The fourth-order valence-corrected chi connectivity index (χ4v) is 2.11. The van der Waals surface area contributed by atoms with Gasteiger partial charge < -0.3 is 5.73 Å². The molecule has 1 heterocycles. The maximum absolute atomic E-state index is 7.46. The molecule has 0 saturated heterocycles. The lowest BCUT2D eigenvalue weighted by Gasteiger charge is -2.22. The SMILES string of the molecule is CC(C)(CCCSc1ccncc1)C(=N)N. The van der Waals surface area contributed by atoms with Crippen LogP contribution >= 0.6 is 11.8 Å². The number of nitrogens with one attached hydrogen (secondary N) is 1. The Morgan fingerprint density at radius 2 is 2.06 bits per heavy atom. The van der Waals surface area contributed by atoms with Gasteiger partial charge in [-0.1, -0.05) is 13.8 Å². The number of hydrogen-bond donors (Lipinski definition) is 2. The van der Waals surface area contributed by atoms with Crippen LogP contribution in [0.25, 0.3) is 0 Å². The number of aromatic nitrogens is 1. The summed E-state index contributed by atoms with van der Waals surface area (Å²) in [5, 5.41) is 7.46. The van der Waals surface area contributed by atoms with E-state index in [1.807, 2.05) is 50.1 Å². The first kappa shape index (κ1) is 13.0. The summed E-state index contributed by atoms with van der Waals surface area (Å²) in [4.78, 5) is 5.22. The Morgan fingerprint density at radius 3 is 2.62 bits per heavy atom. The molecule has 1 aromatic rings. The molecule has 0 amide bonds. The number of pyridine rings is 1. The van der Waals surface area contributed by atoms with E-state index in [9.17, 15) is 0 Å². The second kappa shape index (κ2) is 5.89. The molecule has 88 valence electrons. The predicted octanol–water partition coefficient (Wildman–Crippen LogP) is 2.92. The van der Waals surface area contributed by atoms with Crippen molar-refractivity contribution in [2.45, 2.75) is 31.6 Å². The molecule has 1 rings (SSSR count). The van der Waals surface area contributed by atoms with Gasteiger partial charge in [0.15, 0.2) is 0 Å². The van der Waals surface area contributed by atoms with Gasteiger partial charge in [-0.15, -0.1) is 11.8 Å². The molecule has 3 nitrogen and oxygen atoms in total. The van der Waals surface area contributed by atoms with Crippen molar-refractivity contribution in [3.05, 3.63) is 24.5 Å². The Kier molecular flexibility index (Phi) is 4.80. The van der Waals surface area contributed by atoms with Crippen LogP contribution in [0, 0.1) is 10.8 Å². The highest BCUT2D eigenvalue weighted by molar-refractivity contribution is 7.99. The van der Waals surface area contributed by atoms with Crippen molar-refractivity contribution in [2.75, 3.05) is 5.75 Å². The van der Waals surface area contributed by atoms with E-state index in [1.165, 1.54) is 4.90 Å². The highest BCUT2D eigenvalue weighted by atomic mass is 32.2. The van der Waals surface area contributed by atoms with Gasteiger partial charge in [0.05, 0.1) is 5.84 Å². The number of amidine groups is 1. The summed E-state index contributed by atoms with van der Waals surface area (Å²) in [7, 11) is 0. The van der Waals surface area contributed by atoms with Gasteiger partial charge in [-0.2, -0.15) is 0 Å². The Morgan fingerprint density at radius 1 is 1.44 bits per heavy atom. The fraction of sp³-hybridized carbons (Fsp3) is 0.500. The quantitative estimate of drug-likeness (QED) is 0.346. The minimum atomic E-state index is -0.168. The lowest BCUT2D eigenvalue weighted by Crippen LogP contribution is -2.30. The number of nitrogens with zero attached hydrogens (tertiary/aromatic N) is 1. The summed E-state index contributed by atoms with van der Waals surface area (Å²) in [5.74, 6) is 1.34. The van der Waals surface area contributed by atoms with Crippen molar-refractivity contribution in [1.29, 1.82) is 5.41 Å². The minimum absolute atomic E-state index is 0.168. The van der Waals surface area contributed by atoms with E-state index in [1.54, 1.807) is 0 Å². The molecule has 0 aliphatic carbocycles. The first-order chi connectivity index (χ1) is 7.52. The zero-order chi connectivity index (χ0) is 12.0. The van der Waals surface area contributed by atoms with Crippen LogP contribution in [0.4, 0.5) is 0 Å². The molecule has 0 spiro atoms. The summed E-state index contributed by atoms with van der Waals surface area (Å²) in [6.45, 7) is 4.04. The van der Waals surface area contributed by atoms with E-state index >= 15 is 0 Å². The Labute approximate surface area is 101 Å². The fourth-order valence-electron chi connectivity index (χ4n) is 1.27. The molecule has 16 heavy (non-hydrogen) atoms. The summed E-state index contributed by atoms with van der Waals surface area (Å²) >= 11 is 1.82. The van der Waals surface area contributed by atoms with Crippen molar-refractivity contribution in [1.82, 2.24) is 4.98 Å². The third-order valence-corrected chi connectivity index (χ3v) is 3.69. The van der Waals surface area contributed by atoms with Crippen LogP contribution in [0.5, 0.6) is 0 Å². The van der Waals surface area contributed by atoms with Gasteiger partial charge in [-0.05, 0) is 30.7 Å². The van der Waals surface area contributed by atoms with Crippen LogP contribution < -0.4 is 5.73 Å². The molecule has 4 heteroatoms. The highest BCUT2D eigenvalue weighted by Gasteiger charge is 2.20. The molecular formula is C12H19N3S. The second-order valence-electron chi connectivity index (χ2n) is 4.43. The molecule has 0 radical (unpaired) electrons. The predicted molar refractivity (Wildman–Crippen MR) is 69.9 cm³/mol. The molecule has 3 N–H and O–H groups in total. The molecule has 0 unspecified atom stereocenters. The number of thioether (sulfide) groups is 1. The Hall–Kier alpha value is -1.03. The van der Waals surface area contributed by atoms with Gasteiger partial charge in [0.25, 0.3) is 0 Å². The summed E-state index contributed by atoms with van der Waals surface area (Å²) in [5.41, 5.74) is 5.36. The molecule has 0 fully saturated rings. The molecular weight excluding hydrogens is 218 g/mol. The van der Waals surface area contributed by atoms with Crippen LogP contribution in [-0.4, -0.2) is 16.6 Å². The van der Waals surface area contributed by atoms with Gasteiger partial charge >= 0.3 is 0 Å². The van der Waals surface area contributed by atoms with Crippen LogP contribution in [0.2, 0.25) is 0 Å². The molecule has 0 aliphatic rings. The summed E-state index contributed by atoms with van der Waals surface area (Å²) in [6, 6.07) is 4.03. The van der Waals surface area contributed by atoms with Crippen LogP contribution in [0.15, 0.2) is 29.4 Å². The molecule has 0 aliphatic heterocycles. The Bertz CT molecular complexity index is 335. The lowest BCUT2D eigenvalue weighted by atomic mass is 9.87. The first-order valence-corrected chi connectivity index (χ1v) is 6.38. The summed E-state index contributed by atoms with van der Waals surface area (Å²) < 4.78 is 0. The Balaban J connectivity index is 2.25. The minimum Gasteiger partial charge on any atom is -0.387 e. The van der Waals surface area contributed by atoms with Gasteiger partial charge in [-0.25, -0.2) is 0 Å². The monoisotopic (exact) mass is 237 g/mol. The molecule has 0 aromatic carbocycles. The molecule has 0 atom stereocenters. The number of rotatable bonds is 6. The number of nitrogens with two attached hydrogens (primary N) is 1. The third-order valence-electron chi connectivity index (χ3n) is 2.59. The van der Waals surface area contributed by atoms with E-state index in [0.29, 0.717) is 0 Å². The van der Waals surface area contributed by atoms with Crippen molar-refractivity contribution < 1.29 is 0 Å². The standard InChI is InChI=1S/C12H19N3S/c1-12(2,11(13)14)6-3-9-16-10-4-7-15-8-5-10/h4-5,7-8H,3,6,9H2,1-2H3,(H3,13,14). The van der Waals surface area contributed by atoms with Crippen molar-refractivity contribution >= 4 is 17.6 Å². The smallest absolute Gasteiger partial charge is 0.0963 e. The van der Waals surface area contributed by atoms with Crippen molar-refractivity contribution in [3.8, 4) is 0 Å². The van der Waals surface area contributed by atoms with E-state index < -0.39 is 0 Å². The van der Waals surface area contributed by atoms with Crippen molar-refractivity contribution in [3.63, 3.8) is 0 Å². The lowest BCUT2D eigenvalue weighted by molar-refractivity contribution is 0.464. The molecule has 1 aromatic heterocycles. The topological polar surface area (TPSA) is 62.8 Å². The van der Waals surface area contributed by atoms with Crippen LogP contribution in [0.3, 0.4) is 0 Å².